The molecule has 0 saturated heterocycles. The van der Waals surface area contributed by atoms with Crippen molar-refractivity contribution in [3.63, 3.8) is 0 Å². The molecule has 0 spiro atoms. The number of nitrogens with two attached hydrogens (primary N) is 1. The minimum atomic E-state index is -0.446. The molecule has 1 heterocycles. The average molecular weight is 263 g/mol. The first-order valence-corrected chi connectivity index (χ1v) is 5.69. The largest absolute Gasteiger partial charge is 0.494 e. The number of hydrogen-bond acceptors (Lipinski definition) is 5. The fourth-order valence-electron chi connectivity index (χ4n) is 1.58. The van der Waals surface area contributed by atoms with Crippen LogP contribution in [0.4, 0.5) is 4.39 Å². The van der Waals surface area contributed by atoms with Gasteiger partial charge in [0.05, 0.1) is 13.2 Å². The van der Waals surface area contributed by atoms with E-state index in [1.165, 1.54) is 19.2 Å². The van der Waals surface area contributed by atoms with Gasteiger partial charge in [-0.05, 0) is 24.6 Å². The average Bonchev–Trinajstić information content (AvgIpc) is 2.89. The van der Waals surface area contributed by atoms with Gasteiger partial charge in [0.2, 0.25) is 11.7 Å². The Balaban J connectivity index is 2.29. The molecule has 1 atom stereocenters. The van der Waals surface area contributed by atoms with Crippen LogP contribution in [-0.4, -0.2) is 17.3 Å². The Morgan fingerprint density at radius 2 is 2.37 bits per heavy atom. The van der Waals surface area contributed by atoms with E-state index in [0.29, 0.717) is 23.7 Å². The molecule has 1 aromatic heterocycles. The van der Waals surface area contributed by atoms with Crippen molar-refractivity contribution in [3.05, 3.63) is 42.6 Å². The number of aromatic nitrogens is 2. The van der Waals surface area contributed by atoms with Gasteiger partial charge in [0.15, 0.2) is 11.6 Å². The Bertz CT molecular complexity index is 583. The van der Waals surface area contributed by atoms with Gasteiger partial charge in [-0.15, -0.1) is 6.58 Å². The molecule has 0 aliphatic carbocycles. The minimum absolute atomic E-state index is 0.124. The zero-order valence-corrected chi connectivity index (χ0v) is 10.5. The molecule has 0 aliphatic heterocycles. The van der Waals surface area contributed by atoms with Crippen LogP contribution in [0.2, 0.25) is 0 Å². The molecule has 2 rings (SSSR count). The normalized spacial score (nSPS) is 12.2. The Labute approximate surface area is 109 Å². The van der Waals surface area contributed by atoms with Crippen LogP contribution in [0.5, 0.6) is 5.75 Å². The second-order valence-corrected chi connectivity index (χ2v) is 3.94. The maximum atomic E-state index is 13.3. The second-order valence-electron chi connectivity index (χ2n) is 3.94. The van der Waals surface area contributed by atoms with Crippen molar-refractivity contribution in [2.24, 2.45) is 5.73 Å². The number of ether oxygens (including phenoxy) is 1. The van der Waals surface area contributed by atoms with E-state index in [2.05, 4.69) is 16.7 Å². The van der Waals surface area contributed by atoms with Crippen molar-refractivity contribution in [3.8, 4) is 17.1 Å². The van der Waals surface area contributed by atoms with Crippen LogP contribution in [0.15, 0.2) is 35.4 Å². The molecule has 0 amide bonds. The van der Waals surface area contributed by atoms with Gasteiger partial charge in [0.25, 0.3) is 0 Å². The van der Waals surface area contributed by atoms with Crippen LogP contribution in [0.3, 0.4) is 0 Å². The maximum absolute atomic E-state index is 13.3. The number of nitrogens with zero attached hydrogens (tertiary/aromatic N) is 2. The molecular formula is C13H14FN3O2. The van der Waals surface area contributed by atoms with E-state index < -0.39 is 5.82 Å². The minimum Gasteiger partial charge on any atom is -0.494 e. The highest BCUT2D eigenvalue weighted by molar-refractivity contribution is 5.57. The number of hydrogen-bond donors (Lipinski definition) is 1. The maximum Gasteiger partial charge on any atom is 0.244 e. The van der Waals surface area contributed by atoms with E-state index >= 15 is 0 Å². The number of halogens is 1. The molecule has 100 valence electrons. The van der Waals surface area contributed by atoms with Crippen LogP contribution < -0.4 is 10.5 Å². The lowest BCUT2D eigenvalue weighted by molar-refractivity contribution is 0.355. The summed E-state index contributed by atoms with van der Waals surface area (Å²) in [6.45, 7) is 3.60. The monoisotopic (exact) mass is 263 g/mol. The molecule has 2 aromatic rings. The summed E-state index contributed by atoms with van der Waals surface area (Å²) in [4.78, 5) is 4.18. The summed E-state index contributed by atoms with van der Waals surface area (Å²) in [6, 6.07) is 3.95. The summed E-state index contributed by atoms with van der Waals surface area (Å²) >= 11 is 0. The molecule has 0 aliphatic rings. The van der Waals surface area contributed by atoms with Crippen LogP contribution in [-0.2, 0) is 0 Å². The lowest BCUT2D eigenvalue weighted by atomic mass is 10.2. The van der Waals surface area contributed by atoms with Crippen molar-refractivity contribution in [1.82, 2.24) is 10.1 Å². The molecule has 1 aromatic carbocycles. The highest BCUT2D eigenvalue weighted by Crippen LogP contribution is 2.25. The Kier molecular flexibility index (Phi) is 3.91. The third-order valence-corrected chi connectivity index (χ3v) is 2.59. The van der Waals surface area contributed by atoms with Gasteiger partial charge < -0.3 is 15.0 Å². The van der Waals surface area contributed by atoms with Gasteiger partial charge in [-0.25, -0.2) is 4.39 Å². The van der Waals surface area contributed by atoms with Crippen molar-refractivity contribution in [2.45, 2.75) is 12.5 Å². The van der Waals surface area contributed by atoms with Crippen molar-refractivity contribution >= 4 is 0 Å². The highest BCUT2D eigenvalue weighted by Gasteiger charge is 2.15. The van der Waals surface area contributed by atoms with E-state index in [0.717, 1.165) is 0 Å². The summed E-state index contributed by atoms with van der Waals surface area (Å²) in [5, 5.41) is 3.82. The molecule has 0 fully saturated rings. The molecule has 0 radical (unpaired) electrons. The number of rotatable bonds is 5. The topological polar surface area (TPSA) is 74.2 Å². The van der Waals surface area contributed by atoms with Gasteiger partial charge in [0.1, 0.15) is 0 Å². The van der Waals surface area contributed by atoms with Crippen LogP contribution in [0.25, 0.3) is 11.4 Å². The molecule has 0 bridgehead atoms. The summed E-state index contributed by atoms with van der Waals surface area (Å²) in [7, 11) is 1.39. The van der Waals surface area contributed by atoms with Gasteiger partial charge >= 0.3 is 0 Å². The van der Waals surface area contributed by atoms with Gasteiger partial charge in [-0.1, -0.05) is 11.2 Å². The van der Waals surface area contributed by atoms with Crippen LogP contribution >= 0.6 is 0 Å². The van der Waals surface area contributed by atoms with Gasteiger partial charge in [0, 0.05) is 5.56 Å². The van der Waals surface area contributed by atoms with Crippen molar-refractivity contribution in [2.75, 3.05) is 7.11 Å². The number of methoxy groups -OCH3 is 1. The predicted octanol–water partition coefficient (Wildman–Crippen LogP) is 2.46. The van der Waals surface area contributed by atoms with Crippen molar-refractivity contribution in [1.29, 1.82) is 0 Å². The molecule has 2 N–H and O–H groups in total. The summed E-state index contributed by atoms with van der Waals surface area (Å²) in [6.07, 6.45) is 2.21. The Hall–Kier alpha value is -2.21. The third-order valence-electron chi connectivity index (χ3n) is 2.59. The summed E-state index contributed by atoms with van der Waals surface area (Å²) in [5.41, 5.74) is 6.42. The molecular weight excluding hydrogens is 249 g/mol. The molecule has 1 unspecified atom stereocenters. The standard InChI is InChI=1S/C13H14FN3O2/c1-3-4-10(15)13-16-12(17-19-13)8-5-6-9(14)11(7-8)18-2/h3,5-7,10H,1,4,15H2,2H3. The third kappa shape index (κ3) is 2.79. The second kappa shape index (κ2) is 5.62. The van der Waals surface area contributed by atoms with E-state index in [4.69, 9.17) is 15.0 Å². The predicted molar refractivity (Wildman–Crippen MR) is 68.0 cm³/mol. The smallest absolute Gasteiger partial charge is 0.244 e. The summed E-state index contributed by atoms with van der Waals surface area (Å²) in [5.74, 6) is 0.337. The zero-order chi connectivity index (χ0) is 13.8. The van der Waals surface area contributed by atoms with E-state index in [-0.39, 0.29) is 11.8 Å². The van der Waals surface area contributed by atoms with Gasteiger partial charge in [-0.2, -0.15) is 4.98 Å². The molecule has 6 heteroatoms. The fourth-order valence-corrected chi connectivity index (χ4v) is 1.58. The Morgan fingerprint density at radius 1 is 1.58 bits per heavy atom. The lowest BCUT2D eigenvalue weighted by Gasteiger charge is -2.02. The van der Waals surface area contributed by atoms with Crippen LogP contribution in [0.1, 0.15) is 18.4 Å². The SMILES string of the molecule is C=CCC(N)c1nc(-c2ccc(F)c(OC)c2)no1. The fraction of sp³-hybridized carbons (Fsp3) is 0.231. The lowest BCUT2D eigenvalue weighted by Crippen LogP contribution is -2.09. The number of benzene rings is 1. The summed E-state index contributed by atoms with van der Waals surface area (Å²) < 4.78 is 23.3. The van der Waals surface area contributed by atoms with E-state index in [9.17, 15) is 4.39 Å². The van der Waals surface area contributed by atoms with Crippen molar-refractivity contribution < 1.29 is 13.7 Å². The first-order chi connectivity index (χ1) is 9.15. The highest BCUT2D eigenvalue weighted by atomic mass is 19.1. The molecule has 19 heavy (non-hydrogen) atoms. The van der Waals surface area contributed by atoms with Gasteiger partial charge in [-0.3, -0.25) is 0 Å². The first kappa shape index (κ1) is 13.2. The first-order valence-electron chi connectivity index (χ1n) is 5.69. The van der Waals surface area contributed by atoms with Crippen LogP contribution in [0, 0.1) is 5.82 Å². The zero-order valence-electron chi connectivity index (χ0n) is 10.5. The van der Waals surface area contributed by atoms with E-state index in [1.54, 1.807) is 12.1 Å². The Morgan fingerprint density at radius 3 is 3.05 bits per heavy atom. The molecule has 0 saturated carbocycles. The quantitative estimate of drug-likeness (QED) is 0.839. The van der Waals surface area contributed by atoms with E-state index in [1.807, 2.05) is 0 Å². The molecule has 5 nitrogen and oxygen atoms in total.